The van der Waals surface area contributed by atoms with Gasteiger partial charge in [-0.05, 0) is 80.4 Å². The van der Waals surface area contributed by atoms with E-state index in [4.69, 9.17) is 42.3 Å². The van der Waals surface area contributed by atoms with Gasteiger partial charge < -0.3 is 47.1 Å². The van der Waals surface area contributed by atoms with Crippen molar-refractivity contribution in [3.63, 3.8) is 0 Å². The van der Waals surface area contributed by atoms with E-state index in [0.29, 0.717) is 51.7 Å². The lowest BCUT2D eigenvalue weighted by molar-refractivity contribution is -0.285. The summed E-state index contributed by atoms with van der Waals surface area (Å²) in [4.78, 5) is 25.7. The molecule has 9 atom stereocenters. The van der Waals surface area contributed by atoms with Crippen LogP contribution in [0.1, 0.15) is 117 Å². The van der Waals surface area contributed by atoms with E-state index in [1.165, 1.54) is 0 Å². The van der Waals surface area contributed by atoms with Gasteiger partial charge in [-0.25, -0.2) is 0 Å². The molecule has 3 aliphatic rings. The fraction of sp³-hybridized carbons (Fsp3) is 0.630. The number of Topliss-reactive ketones (excluding diaryl/α,β-unsaturated/α-hetero) is 1. The smallest absolute Gasteiger partial charge is 0.237 e. The number of carbonyl (C=O) groups is 2. The second-order valence-corrected chi connectivity index (χ2v) is 25.5. The second kappa shape index (κ2) is 24.3. The number of aldehydes is 1. The molecule has 2 aromatic rings. The zero-order valence-corrected chi connectivity index (χ0v) is 42.6. The van der Waals surface area contributed by atoms with Gasteiger partial charge in [-0.15, -0.1) is 0 Å². The highest BCUT2D eigenvalue weighted by molar-refractivity contribution is 6.74. The molecule has 0 spiro atoms. The molecule has 2 aromatic carbocycles. The molecular formula is C54H80O11Si. The molecule has 0 radical (unpaired) electrons. The first-order valence-electron chi connectivity index (χ1n) is 24.0. The maximum absolute atomic E-state index is 14.0. The summed E-state index contributed by atoms with van der Waals surface area (Å²) < 4.78 is 57.2. The number of ether oxygens (including phenoxy) is 8. The molecule has 0 amide bonds. The molecular weight excluding hydrogens is 853 g/mol. The molecule has 3 heterocycles. The monoisotopic (exact) mass is 933 g/mol. The highest BCUT2D eigenvalue weighted by atomic mass is 28.4. The Morgan fingerprint density at radius 3 is 2.14 bits per heavy atom. The van der Waals surface area contributed by atoms with Crippen LogP contribution >= 0.6 is 0 Å². The summed E-state index contributed by atoms with van der Waals surface area (Å²) in [5, 5.41) is -0.0247. The molecule has 3 saturated heterocycles. The van der Waals surface area contributed by atoms with Crippen molar-refractivity contribution in [2.75, 3.05) is 21.0 Å². The van der Waals surface area contributed by atoms with Gasteiger partial charge >= 0.3 is 0 Å². The van der Waals surface area contributed by atoms with Gasteiger partial charge in [-0.1, -0.05) is 114 Å². The number of hydrogen-bond acceptors (Lipinski definition) is 11. The van der Waals surface area contributed by atoms with E-state index >= 15 is 0 Å². The summed E-state index contributed by atoms with van der Waals surface area (Å²) in [5.74, 6) is -0.826. The lowest BCUT2D eigenvalue weighted by Crippen LogP contribution is -2.59. The van der Waals surface area contributed by atoms with Crippen molar-refractivity contribution in [1.29, 1.82) is 0 Å². The predicted molar refractivity (Wildman–Crippen MR) is 261 cm³/mol. The Balaban J connectivity index is 1.21. The van der Waals surface area contributed by atoms with E-state index in [2.05, 4.69) is 47.0 Å². The van der Waals surface area contributed by atoms with Crippen LogP contribution in [0.25, 0.3) is 0 Å². The highest BCUT2D eigenvalue weighted by Gasteiger charge is 2.55. The van der Waals surface area contributed by atoms with Gasteiger partial charge in [0.15, 0.2) is 14.1 Å². The standard InChI is InChI=1S/C54H80O11Si/c1-38-28-45(62-48(29-38)33-49-31-39(2)30-47(63-49)32-44(25-27-55)60-36-42-18-20-43(57-9)21-19-42)24-26-53(7,8)54(58-10)51(56)23-22-46(64-54)34-50(65-66(11,12)52(4,5)6)40(3)61-37-59-35-41-16-14-13-15-17-41/h13-21,24,26-27,40,44-50H,1-2,22-23,25,28-37H2,3-12H3/t40-,44?,45+,46+,47+,48+,49-,50-,54-/m1/s1. The average Bonchev–Trinajstić information content (AvgIpc) is 3.26. The molecule has 366 valence electrons. The van der Waals surface area contributed by atoms with Crippen LogP contribution in [-0.4, -0.2) is 96.0 Å². The zero-order chi connectivity index (χ0) is 48.1. The van der Waals surface area contributed by atoms with E-state index in [1.54, 1.807) is 14.2 Å². The van der Waals surface area contributed by atoms with E-state index < -0.39 is 19.5 Å². The number of rotatable bonds is 24. The summed E-state index contributed by atoms with van der Waals surface area (Å²) in [6, 6.07) is 17.8. The first kappa shape index (κ1) is 53.6. The Hall–Kier alpha value is -3.30. The Morgan fingerprint density at radius 2 is 1.48 bits per heavy atom. The fourth-order valence-corrected chi connectivity index (χ4v) is 10.4. The van der Waals surface area contributed by atoms with Crippen molar-refractivity contribution >= 4 is 20.4 Å². The summed E-state index contributed by atoms with van der Waals surface area (Å²) in [6.07, 6.45) is 9.02. The van der Waals surface area contributed by atoms with Gasteiger partial charge in [0.25, 0.3) is 0 Å². The van der Waals surface area contributed by atoms with E-state index in [9.17, 15) is 9.59 Å². The van der Waals surface area contributed by atoms with Crippen LogP contribution in [0, 0.1) is 5.41 Å². The maximum Gasteiger partial charge on any atom is 0.237 e. The SMILES string of the molecule is C=C1C[C@H](C[C@@H]2CC(=C)C[C@H](C=CC(C)(C)[C@]3(OC)O[C@H](C[C@@H](O[Si](C)(C)C(C)(C)C)[C@@H](C)OCOCc4ccccc4)CCC3=O)O2)O[C@H](CC(CC=O)OCc2ccc(OC)cc2)C1. The number of methoxy groups -OCH3 is 2. The largest absolute Gasteiger partial charge is 0.497 e. The van der Waals surface area contributed by atoms with E-state index in [-0.39, 0.29) is 72.9 Å². The Labute approximate surface area is 397 Å². The zero-order valence-electron chi connectivity index (χ0n) is 41.6. The maximum atomic E-state index is 14.0. The van der Waals surface area contributed by atoms with Crippen molar-refractivity contribution in [3.05, 3.63) is 102 Å². The molecule has 5 rings (SSSR count). The minimum Gasteiger partial charge on any atom is -0.497 e. The fourth-order valence-electron chi connectivity index (χ4n) is 9.04. The van der Waals surface area contributed by atoms with Crippen LogP contribution in [-0.2, 0) is 60.4 Å². The van der Waals surface area contributed by atoms with Gasteiger partial charge in [-0.3, -0.25) is 4.79 Å². The van der Waals surface area contributed by atoms with Crippen LogP contribution in [0.2, 0.25) is 18.1 Å². The lowest BCUT2D eigenvalue weighted by Gasteiger charge is -2.48. The van der Waals surface area contributed by atoms with Crippen LogP contribution in [0.15, 0.2) is 91.1 Å². The number of benzene rings is 2. The van der Waals surface area contributed by atoms with Gasteiger partial charge in [0, 0.05) is 44.6 Å². The Kier molecular flexibility index (Phi) is 19.8. The third kappa shape index (κ3) is 15.1. The number of hydrogen-bond donors (Lipinski definition) is 0. The first-order valence-corrected chi connectivity index (χ1v) is 26.9. The summed E-state index contributed by atoms with van der Waals surface area (Å²) in [7, 11) is 0.960. The van der Waals surface area contributed by atoms with Gasteiger partial charge in [0.05, 0.1) is 69.2 Å². The van der Waals surface area contributed by atoms with Crippen molar-refractivity contribution < 1.29 is 51.9 Å². The normalized spacial score (nSPS) is 26.0. The third-order valence-corrected chi connectivity index (χ3v) is 18.4. The first-order chi connectivity index (χ1) is 31.3. The predicted octanol–water partition coefficient (Wildman–Crippen LogP) is 11.2. The van der Waals surface area contributed by atoms with E-state index in [1.807, 2.05) is 87.5 Å². The van der Waals surface area contributed by atoms with Gasteiger partial charge in [-0.2, -0.15) is 0 Å². The van der Waals surface area contributed by atoms with Crippen molar-refractivity contribution in [2.45, 2.75) is 192 Å². The Bertz CT molecular complexity index is 1890. The van der Waals surface area contributed by atoms with Gasteiger partial charge in [0.2, 0.25) is 5.79 Å². The summed E-state index contributed by atoms with van der Waals surface area (Å²) in [6.45, 7) is 26.9. The van der Waals surface area contributed by atoms with Crippen LogP contribution in [0.4, 0.5) is 0 Å². The quantitative estimate of drug-likeness (QED) is 0.0329. The molecule has 66 heavy (non-hydrogen) atoms. The van der Waals surface area contributed by atoms with Crippen LogP contribution in [0.5, 0.6) is 5.75 Å². The third-order valence-electron chi connectivity index (χ3n) is 13.9. The minimum atomic E-state index is -2.24. The topological polar surface area (TPSA) is 117 Å². The van der Waals surface area contributed by atoms with Crippen LogP contribution in [0.3, 0.4) is 0 Å². The molecule has 1 unspecified atom stereocenters. The highest BCUT2D eigenvalue weighted by Crippen LogP contribution is 2.45. The molecule has 0 bridgehead atoms. The summed E-state index contributed by atoms with van der Waals surface area (Å²) in [5.41, 5.74) is 3.45. The number of carbonyl (C=O) groups excluding carboxylic acids is 2. The molecule has 0 N–H and O–H groups in total. The molecule has 0 aromatic heterocycles. The molecule has 11 nitrogen and oxygen atoms in total. The molecule has 0 saturated carbocycles. The molecule has 0 aliphatic carbocycles. The van der Waals surface area contributed by atoms with Crippen molar-refractivity contribution in [1.82, 2.24) is 0 Å². The van der Waals surface area contributed by atoms with Crippen molar-refractivity contribution in [3.8, 4) is 5.75 Å². The van der Waals surface area contributed by atoms with Crippen LogP contribution < -0.4 is 4.74 Å². The Morgan fingerprint density at radius 1 is 0.833 bits per heavy atom. The number of ketones is 1. The summed E-state index contributed by atoms with van der Waals surface area (Å²) >= 11 is 0. The second-order valence-electron chi connectivity index (χ2n) is 20.7. The molecule has 3 fully saturated rings. The lowest BCUT2D eigenvalue weighted by atomic mass is 9.76. The minimum absolute atomic E-state index is 0.0247. The molecule has 12 heteroatoms. The van der Waals surface area contributed by atoms with Crippen molar-refractivity contribution in [2.24, 2.45) is 5.41 Å². The van der Waals surface area contributed by atoms with Gasteiger partial charge in [0.1, 0.15) is 18.8 Å². The van der Waals surface area contributed by atoms with E-state index in [0.717, 1.165) is 53.6 Å². The molecule has 3 aliphatic heterocycles. The average molecular weight is 933 g/mol.